The number of ether oxygens (including phenoxy) is 1. The van der Waals surface area contributed by atoms with E-state index in [1.807, 2.05) is 6.92 Å². The Kier molecular flexibility index (Phi) is 5.27. The Morgan fingerprint density at radius 2 is 2.14 bits per heavy atom. The summed E-state index contributed by atoms with van der Waals surface area (Å²) < 4.78 is 5.30. The van der Waals surface area contributed by atoms with Crippen molar-refractivity contribution in [1.29, 1.82) is 0 Å². The van der Waals surface area contributed by atoms with Gasteiger partial charge in [-0.25, -0.2) is 9.78 Å². The van der Waals surface area contributed by atoms with Gasteiger partial charge in [0.25, 0.3) is 0 Å². The van der Waals surface area contributed by atoms with Gasteiger partial charge in [-0.1, -0.05) is 11.3 Å². The molecule has 1 unspecified atom stereocenters. The first-order chi connectivity index (χ1) is 9.97. The van der Waals surface area contributed by atoms with E-state index in [9.17, 15) is 9.59 Å². The largest absolute Gasteiger partial charge is 0.476 e. The summed E-state index contributed by atoms with van der Waals surface area (Å²) in [6.45, 7) is 7.43. The number of aromatic carboxylic acids is 1. The van der Waals surface area contributed by atoms with Gasteiger partial charge >= 0.3 is 5.97 Å². The molecule has 0 saturated carbocycles. The number of ketones is 1. The summed E-state index contributed by atoms with van der Waals surface area (Å²) in [5, 5.41) is 12.7. The van der Waals surface area contributed by atoms with Crippen LogP contribution in [-0.4, -0.2) is 65.6 Å². The number of carboxylic acids is 1. The number of carbonyl (C=O) groups excluding carboxylic acids is 1. The highest BCUT2D eigenvalue weighted by Gasteiger charge is 2.21. The van der Waals surface area contributed by atoms with Crippen LogP contribution in [0.15, 0.2) is 0 Å². The number of aromatic nitrogens is 1. The highest BCUT2D eigenvalue weighted by Crippen LogP contribution is 2.24. The minimum atomic E-state index is -1.18. The molecule has 8 heteroatoms. The highest BCUT2D eigenvalue weighted by molar-refractivity contribution is 7.17. The summed E-state index contributed by atoms with van der Waals surface area (Å²) in [5.41, 5.74) is -0.173. The summed E-state index contributed by atoms with van der Waals surface area (Å²) in [6.07, 6.45) is 0. The maximum Gasteiger partial charge on any atom is 0.356 e. The summed E-state index contributed by atoms with van der Waals surface area (Å²) >= 11 is 1.09. The van der Waals surface area contributed by atoms with Crippen molar-refractivity contribution in [2.45, 2.75) is 19.9 Å². The second-order valence-corrected chi connectivity index (χ2v) is 6.02. The van der Waals surface area contributed by atoms with Crippen LogP contribution in [-0.2, 0) is 4.74 Å². The van der Waals surface area contributed by atoms with E-state index in [-0.39, 0.29) is 22.4 Å². The molecule has 0 bridgehead atoms. The van der Waals surface area contributed by atoms with Gasteiger partial charge < -0.3 is 15.2 Å². The van der Waals surface area contributed by atoms with Crippen LogP contribution >= 0.6 is 11.3 Å². The first kappa shape index (κ1) is 15.9. The van der Waals surface area contributed by atoms with Gasteiger partial charge in [-0.2, -0.15) is 0 Å². The van der Waals surface area contributed by atoms with Crippen molar-refractivity contribution in [2.24, 2.45) is 0 Å². The van der Waals surface area contributed by atoms with Crippen LogP contribution in [0.25, 0.3) is 0 Å². The molecular weight excluding hydrogens is 294 g/mol. The number of Topliss-reactive ketones (excluding diaryl/α,β-unsaturated/α-hetero) is 1. The third-order valence-corrected chi connectivity index (χ3v) is 4.24. The molecule has 0 radical (unpaired) electrons. The molecule has 2 rings (SSSR count). The lowest BCUT2D eigenvalue weighted by molar-refractivity contribution is 0.0368. The Morgan fingerprint density at radius 1 is 1.48 bits per heavy atom. The third kappa shape index (κ3) is 4.23. The van der Waals surface area contributed by atoms with Crippen LogP contribution in [0.3, 0.4) is 0 Å². The summed E-state index contributed by atoms with van der Waals surface area (Å²) in [6, 6.07) is 0.107. The summed E-state index contributed by atoms with van der Waals surface area (Å²) in [7, 11) is 0. The highest BCUT2D eigenvalue weighted by atomic mass is 32.1. The molecule has 1 saturated heterocycles. The van der Waals surface area contributed by atoms with Crippen molar-refractivity contribution in [1.82, 2.24) is 9.88 Å². The van der Waals surface area contributed by atoms with Crippen molar-refractivity contribution in [3.63, 3.8) is 0 Å². The van der Waals surface area contributed by atoms with Crippen LogP contribution in [0.5, 0.6) is 0 Å². The van der Waals surface area contributed by atoms with Gasteiger partial charge in [0, 0.05) is 32.6 Å². The molecular formula is C13H19N3O4S. The summed E-state index contributed by atoms with van der Waals surface area (Å²) in [5.74, 6) is -1.45. The third-order valence-electron chi connectivity index (χ3n) is 3.16. The monoisotopic (exact) mass is 313 g/mol. The Balaban J connectivity index is 2.00. The van der Waals surface area contributed by atoms with Crippen LogP contribution in [0, 0.1) is 0 Å². The van der Waals surface area contributed by atoms with E-state index in [1.165, 1.54) is 6.92 Å². The van der Waals surface area contributed by atoms with E-state index in [4.69, 9.17) is 9.84 Å². The fraction of sp³-hybridized carbons (Fsp3) is 0.615. The van der Waals surface area contributed by atoms with E-state index < -0.39 is 5.97 Å². The number of rotatable bonds is 6. The van der Waals surface area contributed by atoms with Crippen molar-refractivity contribution in [3.8, 4) is 0 Å². The predicted molar refractivity (Wildman–Crippen MR) is 79.4 cm³/mol. The second-order valence-electron chi connectivity index (χ2n) is 5.02. The number of nitrogens with one attached hydrogen (secondary N) is 1. The normalized spacial score (nSPS) is 17.4. The molecule has 21 heavy (non-hydrogen) atoms. The predicted octanol–water partition coefficient (Wildman–Crippen LogP) is 1.18. The molecule has 0 spiro atoms. The zero-order valence-electron chi connectivity index (χ0n) is 12.1. The van der Waals surface area contributed by atoms with Gasteiger partial charge in [-0.3, -0.25) is 9.69 Å². The average Bonchev–Trinajstić information content (AvgIpc) is 2.84. The topological polar surface area (TPSA) is 91.8 Å². The lowest BCUT2D eigenvalue weighted by atomic mass is 10.3. The Morgan fingerprint density at radius 3 is 2.67 bits per heavy atom. The molecule has 0 amide bonds. The van der Waals surface area contributed by atoms with Crippen molar-refractivity contribution < 1.29 is 19.4 Å². The van der Waals surface area contributed by atoms with Gasteiger partial charge in [0.05, 0.1) is 13.2 Å². The molecule has 1 aliphatic rings. The molecule has 2 N–H and O–H groups in total. The van der Waals surface area contributed by atoms with Crippen LogP contribution in [0.2, 0.25) is 0 Å². The van der Waals surface area contributed by atoms with Gasteiger partial charge in [-0.05, 0) is 6.92 Å². The number of nitrogens with zero attached hydrogens (tertiary/aromatic N) is 2. The minimum Gasteiger partial charge on any atom is -0.476 e. The molecule has 2 heterocycles. The number of hydrogen-bond donors (Lipinski definition) is 2. The zero-order chi connectivity index (χ0) is 15.4. The molecule has 0 aromatic carbocycles. The molecule has 1 fully saturated rings. The number of anilines is 1. The SMILES string of the molecule is CC(=O)c1sc(NC(C)CN2CCOCC2)nc1C(=O)O. The van der Waals surface area contributed by atoms with Gasteiger partial charge in [0.2, 0.25) is 0 Å². The maximum atomic E-state index is 11.4. The van der Waals surface area contributed by atoms with Crippen molar-refractivity contribution >= 4 is 28.2 Å². The second kappa shape index (κ2) is 6.97. The number of morpholine rings is 1. The Labute approximate surface area is 126 Å². The molecule has 116 valence electrons. The van der Waals surface area contributed by atoms with Crippen molar-refractivity contribution in [3.05, 3.63) is 10.6 Å². The quantitative estimate of drug-likeness (QED) is 0.762. The smallest absolute Gasteiger partial charge is 0.356 e. The maximum absolute atomic E-state index is 11.4. The average molecular weight is 313 g/mol. The van der Waals surface area contributed by atoms with E-state index >= 15 is 0 Å². The first-order valence-corrected chi connectivity index (χ1v) is 7.60. The molecule has 1 aromatic heterocycles. The lowest BCUT2D eigenvalue weighted by Gasteiger charge is -2.29. The first-order valence-electron chi connectivity index (χ1n) is 6.79. The van der Waals surface area contributed by atoms with E-state index in [2.05, 4.69) is 15.2 Å². The molecule has 1 aliphatic heterocycles. The zero-order valence-corrected chi connectivity index (χ0v) is 12.9. The van der Waals surface area contributed by atoms with Gasteiger partial charge in [-0.15, -0.1) is 0 Å². The Hall–Kier alpha value is -1.51. The van der Waals surface area contributed by atoms with Crippen LogP contribution in [0.4, 0.5) is 5.13 Å². The van der Waals surface area contributed by atoms with E-state index in [0.717, 1.165) is 44.2 Å². The van der Waals surface area contributed by atoms with Gasteiger partial charge in [0.15, 0.2) is 16.6 Å². The fourth-order valence-corrected chi connectivity index (χ4v) is 3.16. The van der Waals surface area contributed by atoms with Crippen LogP contribution < -0.4 is 5.32 Å². The number of thiazole rings is 1. The van der Waals surface area contributed by atoms with E-state index in [0.29, 0.717) is 5.13 Å². The van der Waals surface area contributed by atoms with Crippen LogP contribution in [0.1, 0.15) is 34.0 Å². The number of carboxylic acid groups (broad SMARTS) is 1. The number of hydrogen-bond acceptors (Lipinski definition) is 7. The fourth-order valence-electron chi connectivity index (χ4n) is 2.19. The molecule has 7 nitrogen and oxygen atoms in total. The summed E-state index contributed by atoms with van der Waals surface area (Å²) in [4.78, 5) is 29.0. The standard InChI is InChI=1S/C13H19N3O4S/c1-8(7-16-3-5-20-6-4-16)14-13-15-10(12(18)19)11(21-13)9(2)17/h8H,3-7H2,1-2H3,(H,14,15)(H,18,19). The molecule has 1 aromatic rings. The van der Waals surface area contributed by atoms with Gasteiger partial charge in [0.1, 0.15) is 4.88 Å². The van der Waals surface area contributed by atoms with Crippen molar-refractivity contribution in [2.75, 3.05) is 38.2 Å². The lowest BCUT2D eigenvalue weighted by Crippen LogP contribution is -2.42. The molecule has 1 atom stereocenters. The number of carbonyl (C=O) groups is 2. The van der Waals surface area contributed by atoms with E-state index in [1.54, 1.807) is 0 Å². The Bertz CT molecular complexity index is 494. The minimum absolute atomic E-state index is 0.107. The molecule has 0 aliphatic carbocycles.